The van der Waals surface area contributed by atoms with Gasteiger partial charge in [0.05, 0.1) is 13.3 Å². The second-order valence-corrected chi connectivity index (χ2v) is 5.31. The first-order valence-corrected chi connectivity index (χ1v) is 6.99. The number of benzene rings is 1. The lowest BCUT2D eigenvalue weighted by molar-refractivity contribution is 0.102. The van der Waals surface area contributed by atoms with Gasteiger partial charge in [0.2, 0.25) is 5.78 Å². The molecule has 4 nitrogen and oxygen atoms in total. The van der Waals surface area contributed by atoms with Crippen molar-refractivity contribution in [2.75, 3.05) is 12.9 Å². The van der Waals surface area contributed by atoms with Crippen molar-refractivity contribution in [3.8, 4) is 5.75 Å². The van der Waals surface area contributed by atoms with Crippen LogP contribution in [0.1, 0.15) is 23.0 Å². The first-order valence-electron chi connectivity index (χ1n) is 6.01. The quantitative estimate of drug-likeness (QED) is 0.622. The molecular formula is C14H16N2O2S. The van der Waals surface area contributed by atoms with E-state index in [9.17, 15) is 4.79 Å². The zero-order chi connectivity index (χ0) is 13.8. The molecule has 0 radical (unpaired) electrons. The summed E-state index contributed by atoms with van der Waals surface area (Å²) in [6.07, 6.45) is 1.55. The fourth-order valence-electron chi connectivity index (χ4n) is 1.83. The van der Waals surface area contributed by atoms with E-state index >= 15 is 0 Å². The molecule has 100 valence electrons. The molecule has 0 fully saturated rings. The molecule has 0 spiro atoms. The third-order valence-electron chi connectivity index (χ3n) is 2.77. The number of hydrogen-bond acceptors (Lipinski definition) is 4. The second-order valence-electron chi connectivity index (χ2n) is 3.97. The molecule has 1 aromatic carbocycles. The number of ether oxygens (including phenoxy) is 1. The van der Waals surface area contributed by atoms with E-state index < -0.39 is 0 Å². The van der Waals surface area contributed by atoms with E-state index in [0.29, 0.717) is 17.0 Å². The molecule has 1 heterocycles. The van der Waals surface area contributed by atoms with E-state index in [0.717, 1.165) is 10.6 Å². The highest BCUT2D eigenvalue weighted by atomic mass is 32.2. The Labute approximate surface area is 116 Å². The van der Waals surface area contributed by atoms with Crippen LogP contribution in [0.4, 0.5) is 0 Å². The van der Waals surface area contributed by atoms with Gasteiger partial charge >= 0.3 is 0 Å². The predicted molar refractivity (Wildman–Crippen MR) is 76.0 cm³/mol. The maximum Gasteiger partial charge on any atom is 0.214 e. The van der Waals surface area contributed by atoms with Crippen molar-refractivity contribution < 1.29 is 9.53 Å². The van der Waals surface area contributed by atoms with Gasteiger partial charge in [0.25, 0.3) is 0 Å². The van der Waals surface area contributed by atoms with Crippen LogP contribution in [0, 0.1) is 0 Å². The van der Waals surface area contributed by atoms with E-state index in [2.05, 4.69) is 12.0 Å². The molecule has 0 unspecified atom stereocenters. The van der Waals surface area contributed by atoms with Crippen LogP contribution < -0.4 is 4.74 Å². The average molecular weight is 276 g/mol. The van der Waals surface area contributed by atoms with E-state index in [1.54, 1.807) is 25.0 Å². The third kappa shape index (κ3) is 2.81. The molecule has 0 bridgehead atoms. The molecule has 0 aliphatic heterocycles. The van der Waals surface area contributed by atoms with E-state index in [-0.39, 0.29) is 5.78 Å². The molecule has 5 heteroatoms. The van der Waals surface area contributed by atoms with Gasteiger partial charge in [-0.15, -0.1) is 11.8 Å². The molecule has 1 aromatic heterocycles. The number of carbonyl (C=O) groups excluding carboxylic acids is 1. The summed E-state index contributed by atoms with van der Waals surface area (Å²) in [4.78, 5) is 13.6. The molecule has 0 amide bonds. The molecule has 2 rings (SSSR count). The van der Waals surface area contributed by atoms with Crippen molar-refractivity contribution in [3.05, 3.63) is 41.7 Å². The van der Waals surface area contributed by atoms with E-state index in [1.165, 1.54) is 11.8 Å². The van der Waals surface area contributed by atoms with Crippen molar-refractivity contribution >= 4 is 17.5 Å². The second kappa shape index (κ2) is 5.93. The fourth-order valence-corrected chi connectivity index (χ4v) is 2.49. The summed E-state index contributed by atoms with van der Waals surface area (Å²) in [5.74, 6) is 1.44. The highest BCUT2D eigenvalue weighted by molar-refractivity contribution is 7.99. The van der Waals surface area contributed by atoms with Crippen molar-refractivity contribution in [1.82, 2.24) is 9.78 Å². The molecule has 2 aromatic rings. The molecule has 19 heavy (non-hydrogen) atoms. The van der Waals surface area contributed by atoms with Gasteiger partial charge in [-0.1, -0.05) is 6.92 Å². The minimum Gasteiger partial charge on any atom is -0.493 e. The summed E-state index contributed by atoms with van der Waals surface area (Å²) < 4.78 is 6.70. The molecule has 0 aliphatic rings. The van der Waals surface area contributed by atoms with E-state index in [1.807, 2.05) is 24.3 Å². The summed E-state index contributed by atoms with van der Waals surface area (Å²) in [5.41, 5.74) is 1.11. The number of ketones is 1. The van der Waals surface area contributed by atoms with Crippen LogP contribution in [0.25, 0.3) is 0 Å². The lowest BCUT2D eigenvalue weighted by Crippen LogP contribution is -2.09. The topological polar surface area (TPSA) is 44.1 Å². The van der Waals surface area contributed by atoms with Crippen molar-refractivity contribution in [2.24, 2.45) is 7.05 Å². The molecule has 0 saturated heterocycles. The lowest BCUT2D eigenvalue weighted by Gasteiger charge is -2.05. The van der Waals surface area contributed by atoms with Gasteiger partial charge in [0.15, 0.2) is 11.4 Å². The standard InChI is InChI=1S/C14H16N2O2S/c1-4-19-11-7-5-10(6-8-11)14(17)13-12(18-3)9-15-16(13)2/h5-9H,4H2,1-3H3. The zero-order valence-electron chi connectivity index (χ0n) is 11.2. The van der Waals surface area contributed by atoms with Crippen molar-refractivity contribution in [2.45, 2.75) is 11.8 Å². The van der Waals surface area contributed by atoms with Crippen LogP contribution in [0.2, 0.25) is 0 Å². The highest BCUT2D eigenvalue weighted by Gasteiger charge is 2.19. The molecular weight excluding hydrogens is 260 g/mol. The summed E-state index contributed by atoms with van der Waals surface area (Å²) in [7, 11) is 3.27. The summed E-state index contributed by atoms with van der Waals surface area (Å²) in [6, 6.07) is 7.61. The minimum absolute atomic E-state index is 0.0788. The van der Waals surface area contributed by atoms with Crippen LogP contribution in [0.15, 0.2) is 35.4 Å². The minimum atomic E-state index is -0.0788. The zero-order valence-corrected chi connectivity index (χ0v) is 12.0. The number of nitrogens with zero attached hydrogens (tertiary/aromatic N) is 2. The van der Waals surface area contributed by atoms with Gasteiger partial charge in [-0.3, -0.25) is 9.48 Å². The Balaban J connectivity index is 2.30. The van der Waals surface area contributed by atoms with Gasteiger partial charge in [-0.05, 0) is 30.0 Å². The number of hydrogen-bond donors (Lipinski definition) is 0. The summed E-state index contributed by atoms with van der Waals surface area (Å²) >= 11 is 1.75. The molecule has 0 N–H and O–H groups in total. The van der Waals surface area contributed by atoms with Crippen LogP contribution in [0.5, 0.6) is 5.75 Å². The number of aromatic nitrogens is 2. The van der Waals surface area contributed by atoms with Crippen LogP contribution in [0.3, 0.4) is 0 Å². The number of methoxy groups -OCH3 is 1. The Morgan fingerprint density at radius 2 is 2.05 bits per heavy atom. The number of rotatable bonds is 5. The van der Waals surface area contributed by atoms with Crippen LogP contribution in [-0.4, -0.2) is 28.4 Å². The fraction of sp³-hybridized carbons (Fsp3) is 0.286. The normalized spacial score (nSPS) is 10.5. The Morgan fingerprint density at radius 1 is 1.37 bits per heavy atom. The van der Waals surface area contributed by atoms with Gasteiger partial charge in [0.1, 0.15) is 0 Å². The number of carbonyl (C=O) groups is 1. The molecule has 0 saturated carbocycles. The van der Waals surface area contributed by atoms with Crippen molar-refractivity contribution in [1.29, 1.82) is 0 Å². The van der Waals surface area contributed by atoms with Crippen LogP contribution in [-0.2, 0) is 7.05 Å². The summed E-state index contributed by atoms with van der Waals surface area (Å²) in [6.45, 7) is 2.10. The average Bonchev–Trinajstić information content (AvgIpc) is 2.80. The largest absolute Gasteiger partial charge is 0.493 e. The Kier molecular flexibility index (Phi) is 4.27. The third-order valence-corrected chi connectivity index (χ3v) is 3.66. The Morgan fingerprint density at radius 3 is 2.63 bits per heavy atom. The monoisotopic (exact) mass is 276 g/mol. The van der Waals surface area contributed by atoms with Crippen molar-refractivity contribution in [3.63, 3.8) is 0 Å². The van der Waals surface area contributed by atoms with Gasteiger partial charge in [-0.25, -0.2) is 0 Å². The van der Waals surface area contributed by atoms with Crippen LogP contribution >= 0.6 is 11.8 Å². The van der Waals surface area contributed by atoms with Gasteiger partial charge in [-0.2, -0.15) is 5.10 Å². The summed E-state index contributed by atoms with van der Waals surface area (Å²) in [5, 5.41) is 4.05. The Hall–Kier alpha value is -1.75. The number of aryl methyl sites for hydroxylation is 1. The lowest BCUT2D eigenvalue weighted by atomic mass is 10.1. The van der Waals surface area contributed by atoms with E-state index in [4.69, 9.17) is 4.74 Å². The number of thioether (sulfide) groups is 1. The van der Waals surface area contributed by atoms with Gasteiger partial charge in [0, 0.05) is 17.5 Å². The first-order chi connectivity index (χ1) is 9.17. The predicted octanol–water partition coefficient (Wildman–Crippen LogP) is 2.77. The highest BCUT2D eigenvalue weighted by Crippen LogP contribution is 2.23. The molecule has 0 atom stereocenters. The maximum atomic E-state index is 12.4. The Bertz CT molecular complexity index is 576. The van der Waals surface area contributed by atoms with Gasteiger partial charge < -0.3 is 4.74 Å². The smallest absolute Gasteiger partial charge is 0.214 e. The molecule has 0 aliphatic carbocycles. The SMILES string of the molecule is CCSc1ccc(C(=O)c2c(OC)cnn2C)cc1. The first kappa shape index (κ1) is 13.7. The maximum absolute atomic E-state index is 12.4.